The molecule has 0 aromatic heterocycles. The van der Waals surface area contributed by atoms with Crippen LogP contribution >= 0.6 is 15.9 Å². The maximum absolute atomic E-state index is 11.5. The van der Waals surface area contributed by atoms with Gasteiger partial charge >= 0.3 is 6.03 Å². The highest BCUT2D eigenvalue weighted by Gasteiger charge is 2.11. The topological polar surface area (TPSA) is 105 Å². The molecule has 0 saturated carbocycles. The van der Waals surface area contributed by atoms with Crippen LogP contribution in [0.15, 0.2) is 28.2 Å². The summed E-state index contributed by atoms with van der Waals surface area (Å²) in [6, 6.07) is 5.79. The predicted octanol–water partition coefficient (Wildman–Crippen LogP) is 1.95. The highest BCUT2D eigenvalue weighted by molar-refractivity contribution is 9.10. The van der Waals surface area contributed by atoms with Crippen LogP contribution in [0.25, 0.3) is 6.08 Å². The van der Waals surface area contributed by atoms with Crippen molar-refractivity contribution in [2.75, 3.05) is 6.61 Å². The van der Waals surface area contributed by atoms with Crippen LogP contribution in [0.1, 0.15) is 12.5 Å². The second-order valence-corrected chi connectivity index (χ2v) is 4.47. The summed E-state index contributed by atoms with van der Waals surface area (Å²) in [4.78, 5) is 22.1. The Morgan fingerprint density at radius 2 is 2.25 bits per heavy atom. The molecule has 7 heteroatoms. The average molecular weight is 338 g/mol. The first-order valence-electron chi connectivity index (χ1n) is 5.62. The number of nitrogens with zero attached hydrogens (tertiary/aromatic N) is 1. The summed E-state index contributed by atoms with van der Waals surface area (Å²) in [5, 5.41) is 10.7. The highest BCUT2D eigenvalue weighted by atomic mass is 79.9. The Hall–Kier alpha value is -2.33. The second kappa shape index (κ2) is 7.31. The number of carbonyl (C=O) groups is 2. The van der Waals surface area contributed by atoms with Gasteiger partial charge in [0.1, 0.15) is 17.4 Å². The largest absolute Gasteiger partial charge is 0.493 e. The quantitative estimate of drug-likeness (QED) is 0.646. The number of hydrogen-bond acceptors (Lipinski definition) is 4. The molecule has 0 fully saturated rings. The Labute approximate surface area is 124 Å². The minimum Gasteiger partial charge on any atom is -0.493 e. The molecule has 3 N–H and O–H groups in total. The lowest BCUT2D eigenvalue weighted by atomic mass is 10.1. The first kappa shape index (κ1) is 15.7. The third kappa shape index (κ3) is 4.40. The Balaban J connectivity index is 3.02. The standard InChI is InChI=1S/C13H12BrN3O3/c1-2-20-11-4-3-8(6-10(11)14)5-9(7-15)12(18)17-13(16)19/h3-6H,2H2,1H3,(H3,16,17,18,19)/b9-5-. The van der Waals surface area contributed by atoms with E-state index in [-0.39, 0.29) is 5.57 Å². The van der Waals surface area contributed by atoms with Crippen molar-refractivity contribution in [2.24, 2.45) is 5.73 Å². The van der Waals surface area contributed by atoms with Gasteiger partial charge in [0.15, 0.2) is 0 Å². The third-order valence-corrected chi connectivity index (χ3v) is 2.79. The molecule has 0 aliphatic rings. The number of ether oxygens (including phenoxy) is 1. The van der Waals surface area contributed by atoms with Gasteiger partial charge < -0.3 is 10.5 Å². The summed E-state index contributed by atoms with van der Waals surface area (Å²) in [5.41, 5.74) is 5.21. The monoisotopic (exact) mass is 337 g/mol. The zero-order valence-corrected chi connectivity index (χ0v) is 12.2. The zero-order valence-electron chi connectivity index (χ0n) is 10.6. The number of primary amides is 1. The van der Waals surface area contributed by atoms with Crippen LogP contribution in [-0.4, -0.2) is 18.5 Å². The van der Waals surface area contributed by atoms with Crippen molar-refractivity contribution in [3.8, 4) is 11.8 Å². The van der Waals surface area contributed by atoms with Gasteiger partial charge in [0.05, 0.1) is 11.1 Å². The van der Waals surface area contributed by atoms with E-state index in [1.807, 2.05) is 12.2 Å². The fourth-order valence-corrected chi connectivity index (χ4v) is 1.88. The summed E-state index contributed by atoms with van der Waals surface area (Å²) in [6.45, 7) is 2.39. The van der Waals surface area contributed by atoms with Gasteiger partial charge in [-0.3, -0.25) is 10.1 Å². The number of urea groups is 1. The molecule has 3 amide bonds. The van der Waals surface area contributed by atoms with Crippen molar-refractivity contribution < 1.29 is 14.3 Å². The highest BCUT2D eigenvalue weighted by Crippen LogP contribution is 2.26. The summed E-state index contributed by atoms with van der Waals surface area (Å²) >= 11 is 3.33. The number of rotatable bonds is 4. The summed E-state index contributed by atoms with van der Waals surface area (Å²) in [5.74, 6) is -0.185. The maximum Gasteiger partial charge on any atom is 0.319 e. The SMILES string of the molecule is CCOc1ccc(/C=C(/C#N)C(=O)NC(N)=O)cc1Br. The number of halogens is 1. The van der Waals surface area contributed by atoms with Gasteiger partial charge in [-0.15, -0.1) is 0 Å². The fourth-order valence-electron chi connectivity index (χ4n) is 1.37. The summed E-state index contributed by atoms with van der Waals surface area (Å²) in [6.07, 6.45) is 1.35. The number of benzene rings is 1. The average Bonchev–Trinajstić information content (AvgIpc) is 2.38. The summed E-state index contributed by atoms with van der Waals surface area (Å²) in [7, 11) is 0. The Morgan fingerprint density at radius 3 is 2.75 bits per heavy atom. The number of nitrogens with one attached hydrogen (secondary N) is 1. The van der Waals surface area contributed by atoms with Crippen molar-refractivity contribution >= 4 is 33.9 Å². The molecule has 0 aliphatic heterocycles. The molecule has 1 aromatic rings. The fraction of sp³-hybridized carbons (Fsp3) is 0.154. The zero-order chi connectivity index (χ0) is 15.1. The van der Waals surface area contributed by atoms with E-state index in [9.17, 15) is 9.59 Å². The van der Waals surface area contributed by atoms with Crippen LogP contribution in [0, 0.1) is 11.3 Å². The predicted molar refractivity (Wildman–Crippen MR) is 76.6 cm³/mol. The molecule has 0 unspecified atom stereocenters. The molecule has 0 bridgehead atoms. The third-order valence-electron chi connectivity index (χ3n) is 2.17. The molecule has 1 aromatic carbocycles. The van der Waals surface area contributed by atoms with Crippen LogP contribution < -0.4 is 15.8 Å². The van der Waals surface area contributed by atoms with Crippen molar-refractivity contribution in [1.82, 2.24) is 5.32 Å². The Kier molecular flexibility index (Phi) is 5.74. The van der Waals surface area contributed by atoms with Crippen molar-refractivity contribution in [3.63, 3.8) is 0 Å². The van der Waals surface area contributed by atoms with Crippen molar-refractivity contribution in [3.05, 3.63) is 33.8 Å². The van der Waals surface area contributed by atoms with Gasteiger partial charge in [0.2, 0.25) is 0 Å². The number of amides is 3. The summed E-state index contributed by atoms with van der Waals surface area (Å²) < 4.78 is 6.05. The normalized spacial score (nSPS) is 10.6. The Bertz CT molecular complexity index is 605. The molecular weight excluding hydrogens is 326 g/mol. The van der Waals surface area contributed by atoms with Crippen LogP contribution in [0.3, 0.4) is 0 Å². The van der Waals surface area contributed by atoms with Gasteiger partial charge in [0, 0.05) is 0 Å². The number of hydrogen-bond donors (Lipinski definition) is 2. The smallest absolute Gasteiger partial charge is 0.319 e. The molecular formula is C13H12BrN3O3. The molecule has 6 nitrogen and oxygen atoms in total. The number of carbonyl (C=O) groups excluding carboxylic acids is 2. The van der Waals surface area contributed by atoms with Crippen molar-refractivity contribution in [1.29, 1.82) is 5.26 Å². The van der Waals surface area contributed by atoms with Crippen LogP contribution in [0.2, 0.25) is 0 Å². The Morgan fingerprint density at radius 1 is 1.55 bits per heavy atom. The van der Waals surface area contributed by atoms with Gasteiger partial charge in [-0.05, 0) is 46.6 Å². The van der Waals surface area contributed by atoms with E-state index in [0.29, 0.717) is 22.4 Å². The molecule has 0 saturated heterocycles. The van der Waals surface area contributed by atoms with Crippen molar-refractivity contribution in [2.45, 2.75) is 6.92 Å². The van der Waals surface area contributed by atoms with Crippen LogP contribution in [0.5, 0.6) is 5.75 Å². The van der Waals surface area contributed by atoms with E-state index < -0.39 is 11.9 Å². The first-order valence-corrected chi connectivity index (χ1v) is 6.42. The molecule has 0 spiro atoms. The van der Waals surface area contributed by atoms with E-state index in [1.54, 1.807) is 24.3 Å². The van der Waals surface area contributed by atoms with E-state index in [2.05, 4.69) is 15.9 Å². The van der Waals surface area contributed by atoms with E-state index in [0.717, 1.165) is 0 Å². The van der Waals surface area contributed by atoms with Crippen LogP contribution in [0.4, 0.5) is 4.79 Å². The van der Waals surface area contributed by atoms with E-state index in [4.69, 9.17) is 15.7 Å². The molecule has 1 rings (SSSR count). The number of imide groups is 1. The molecule has 20 heavy (non-hydrogen) atoms. The van der Waals surface area contributed by atoms with E-state index in [1.165, 1.54) is 6.08 Å². The van der Waals surface area contributed by atoms with Gasteiger partial charge in [-0.1, -0.05) is 6.07 Å². The lowest BCUT2D eigenvalue weighted by molar-refractivity contribution is -0.115. The molecule has 0 radical (unpaired) electrons. The van der Waals surface area contributed by atoms with E-state index >= 15 is 0 Å². The van der Waals surface area contributed by atoms with Gasteiger partial charge in [-0.25, -0.2) is 4.79 Å². The molecule has 104 valence electrons. The molecule has 0 aliphatic carbocycles. The van der Waals surface area contributed by atoms with Gasteiger partial charge in [-0.2, -0.15) is 5.26 Å². The maximum atomic E-state index is 11.5. The minimum atomic E-state index is -1.01. The number of nitriles is 1. The number of nitrogens with two attached hydrogens (primary N) is 1. The molecule has 0 atom stereocenters. The second-order valence-electron chi connectivity index (χ2n) is 3.61. The minimum absolute atomic E-state index is 0.222. The van der Waals surface area contributed by atoms with Crippen LogP contribution in [-0.2, 0) is 4.79 Å². The lowest BCUT2D eigenvalue weighted by Gasteiger charge is -2.06. The molecule has 0 heterocycles. The van der Waals surface area contributed by atoms with Gasteiger partial charge in [0.25, 0.3) is 5.91 Å². The first-order chi connectivity index (χ1) is 9.47. The lowest BCUT2D eigenvalue weighted by Crippen LogP contribution is -2.35.